The molecule has 0 saturated heterocycles. The number of pyridine rings is 1. The number of hydrogen-bond acceptors (Lipinski definition) is 3. The molecule has 5 heteroatoms. The summed E-state index contributed by atoms with van der Waals surface area (Å²) >= 11 is 5.88. The van der Waals surface area contributed by atoms with Gasteiger partial charge in [0.15, 0.2) is 0 Å². The Morgan fingerprint density at radius 2 is 1.83 bits per heavy atom. The van der Waals surface area contributed by atoms with Crippen molar-refractivity contribution in [3.63, 3.8) is 0 Å². The predicted molar refractivity (Wildman–Crippen MR) is 98.9 cm³/mol. The number of halogens is 1. The highest BCUT2D eigenvalue weighted by atomic mass is 35.5. The highest BCUT2D eigenvalue weighted by Gasteiger charge is 2.17. The number of aromatic hydroxyl groups is 1. The van der Waals surface area contributed by atoms with Crippen LogP contribution in [-0.2, 0) is 6.54 Å². The van der Waals surface area contributed by atoms with Crippen molar-refractivity contribution >= 4 is 33.9 Å². The molecule has 24 heavy (non-hydrogen) atoms. The highest BCUT2D eigenvalue weighted by Crippen LogP contribution is 2.27. The lowest BCUT2D eigenvalue weighted by molar-refractivity contribution is 0.477. The second-order valence-corrected chi connectivity index (χ2v) is 5.90. The third kappa shape index (κ3) is 2.81. The summed E-state index contributed by atoms with van der Waals surface area (Å²) in [4.78, 5) is 17.3. The van der Waals surface area contributed by atoms with Crippen molar-refractivity contribution < 1.29 is 5.11 Å². The van der Waals surface area contributed by atoms with E-state index in [0.717, 1.165) is 0 Å². The molecule has 122 valence electrons. The normalized spacial score (nSPS) is 11.9. The summed E-state index contributed by atoms with van der Waals surface area (Å²) in [7, 11) is 0. The zero-order valence-electron chi connectivity index (χ0n) is 13.5. The van der Waals surface area contributed by atoms with E-state index >= 15 is 0 Å². The first-order valence-corrected chi connectivity index (χ1v) is 8.06. The number of aryl methyl sites for hydroxylation is 1. The Bertz CT molecular complexity index is 989. The van der Waals surface area contributed by atoms with Crippen molar-refractivity contribution in [3.05, 3.63) is 69.5 Å². The Balaban J connectivity index is 2.25. The van der Waals surface area contributed by atoms with Gasteiger partial charge in [0, 0.05) is 17.0 Å². The molecular formula is C19H17ClN2O2. The fraction of sp³-hybridized carbons (Fsp3) is 0.158. The molecule has 0 aliphatic heterocycles. The molecule has 0 aliphatic carbocycles. The Hall–Kier alpha value is -2.59. The van der Waals surface area contributed by atoms with Gasteiger partial charge in [-0.2, -0.15) is 0 Å². The summed E-state index contributed by atoms with van der Waals surface area (Å²) in [5.41, 5.74) is 1.83. The van der Waals surface area contributed by atoms with Gasteiger partial charge in [0.05, 0.1) is 16.9 Å². The minimum atomic E-state index is -0.246. The monoisotopic (exact) mass is 340 g/mol. The molecule has 0 bridgehead atoms. The number of benzene rings is 2. The quantitative estimate of drug-likeness (QED) is 0.712. The molecule has 0 fully saturated rings. The number of aromatic nitrogens is 1. The third-order valence-corrected chi connectivity index (χ3v) is 4.20. The van der Waals surface area contributed by atoms with Crippen molar-refractivity contribution in [2.75, 3.05) is 0 Å². The first-order chi connectivity index (χ1) is 11.5. The number of fused-ring (bicyclic) bond motifs is 1. The van der Waals surface area contributed by atoms with E-state index in [1.807, 2.05) is 25.1 Å². The molecule has 0 atom stereocenters. The summed E-state index contributed by atoms with van der Waals surface area (Å²) in [5, 5.41) is 11.9. The lowest BCUT2D eigenvalue weighted by atomic mass is 10.1. The molecule has 0 unspecified atom stereocenters. The van der Waals surface area contributed by atoms with Crippen LogP contribution < -0.4 is 5.56 Å². The van der Waals surface area contributed by atoms with Gasteiger partial charge in [-0.15, -0.1) is 0 Å². The molecule has 2 aromatic carbocycles. The Labute approximate surface area is 144 Å². The molecule has 3 aromatic rings. The average Bonchev–Trinajstić information content (AvgIpc) is 2.57. The lowest BCUT2D eigenvalue weighted by Gasteiger charge is -2.13. The standard InChI is InChI=1S/C19H17ClN2O2/c1-3-22-16-7-5-4-6-15(16)18(23)17(19(22)24)12(2)21-14-10-8-13(20)9-11-14/h4-11,23H,3H2,1-2H3. The summed E-state index contributed by atoms with van der Waals surface area (Å²) in [5.74, 6) is -0.0319. The molecule has 0 aliphatic rings. The van der Waals surface area contributed by atoms with Crippen LogP contribution in [-0.4, -0.2) is 15.4 Å². The number of rotatable bonds is 3. The zero-order chi connectivity index (χ0) is 17.3. The maximum atomic E-state index is 12.8. The predicted octanol–water partition coefficient (Wildman–Crippen LogP) is 4.52. The lowest BCUT2D eigenvalue weighted by Crippen LogP contribution is -2.25. The molecule has 3 rings (SSSR count). The summed E-state index contributed by atoms with van der Waals surface area (Å²) < 4.78 is 1.64. The van der Waals surface area contributed by atoms with Crippen LogP contribution in [0, 0.1) is 0 Å². The molecule has 1 heterocycles. The van der Waals surface area contributed by atoms with Crippen molar-refractivity contribution in [1.29, 1.82) is 0 Å². The highest BCUT2D eigenvalue weighted by molar-refractivity contribution is 6.30. The molecule has 1 N–H and O–H groups in total. The van der Waals surface area contributed by atoms with Gasteiger partial charge >= 0.3 is 0 Å². The maximum Gasteiger partial charge on any atom is 0.263 e. The van der Waals surface area contributed by atoms with E-state index in [-0.39, 0.29) is 16.9 Å². The van der Waals surface area contributed by atoms with Gasteiger partial charge < -0.3 is 9.67 Å². The van der Waals surface area contributed by atoms with Gasteiger partial charge in [-0.25, -0.2) is 0 Å². The van der Waals surface area contributed by atoms with Crippen LogP contribution in [0.15, 0.2) is 58.3 Å². The van der Waals surface area contributed by atoms with Gasteiger partial charge in [0.1, 0.15) is 11.3 Å². The number of hydrogen-bond donors (Lipinski definition) is 1. The van der Waals surface area contributed by atoms with E-state index < -0.39 is 0 Å². The Morgan fingerprint density at radius 1 is 1.17 bits per heavy atom. The summed E-state index contributed by atoms with van der Waals surface area (Å²) in [6, 6.07) is 14.3. The second kappa shape index (κ2) is 6.49. The minimum Gasteiger partial charge on any atom is -0.506 e. The SMILES string of the molecule is CCn1c(=O)c(C(C)=Nc2ccc(Cl)cc2)c(O)c2ccccc21. The van der Waals surface area contributed by atoms with Crippen molar-refractivity contribution in [3.8, 4) is 5.75 Å². The van der Waals surface area contributed by atoms with Gasteiger partial charge in [0.2, 0.25) is 0 Å². The van der Waals surface area contributed by atoms with E-state index in [4.69, 9.17) is 11.6 Å². The van der Waals surface area contributed by atoms with Gasteiger partial charge in [0.25, 0.3) is 5.56 Å². The van der Waals surface area contributed by atoms with Crippen LogP contribution in [0.3, 0.4) is 0 Å². The van der Waals surface area contributed by atoms with Crippen LogP contribution in [0.4, 0.5) is 5.69 Å². The molecule has 0 radical (unpaired) electrons. The molecule has 1 aromatic heterocycles. The summed E-state index contributed by atoms with van der Waals surface area (Å²) in [6.07, 6.45) is 0. The Kier molecular flexibility index (Phi) is 4.40. The maximum absolute atomic E-state index is 12.8. The van der Waals surface area contributed by atoms with E-state index in [2.05, 4.69) is 4.99 Å². The number of nitrogens with zero attached hydrogens (tertiary/aromatic N) is 2. The van der Waals surface area contributed by atoms with E-state index in [0.29, 0.717) is 33.9 Å². The molecule has 0 amide bonds. The van der Waals surface area contributed by atoms with E-state index in [1.54, 1.807) is 41.8 Å². The van der Waals surface area contributed by atoms with E-state index in [1.165, 1.54) is 0 Å². The van der Waals surface area contributed by atoms with Crippen LogP contribution in [0.25, 0.3) is 10.9 Å². The van der Waals surface area contributed by atoms with Crippen LogP contribution in [0.1, 0.15) is 19.4 Å². The van der Waals surface area contributed by atoms with Gasteiger partial charge in [-0.05, 0) is 50.2 Å². The molecule has 0 spiro atoms. The third-order valence-electron chi connectivity index (χ3n) is 3.95. The van der Waals surface area contributed by atoms with Gasteiger partial charge in [-0.1, -0.05) is 23.7 Å². The molecular weight excluding hydrogens is 324 g/mol. The number of aliphatic imine (C=N–C) groups is 1. The fourth-order valence-corrected chi connectivity index (χ4v) is 2.92. The summed E-state index contributed by atoms with van der Waals surface area (Å²) in [6.45, 7) is 4.14. The zero-order valence-corrected chi connectivity index (χ0v) is 14.2. The minimum absolute atomic E-state index is 0.0319. The first-order valence-electron chi connectivity index (χ1n) is 7.68. The van der Waals surface area contributed by atoms with Crippen LogP contribution >= 0.6 is 11.6 Å². The van der Waals surface area contributed by atoms with Crippen LogP contribution in [0.5, 0.6) is 5.75 Å². The Morgan fingerprint density at radius 3 is 2.50 bits per heavy atom. The molecule has 4 nitrogen and oxygen atoms in total. The average molecular weight is 341 g/mol. The topological polar surface area (TPSA) is 54.6 Å². The van der Waals surface area contributed by atoms with E-state index in [9.17, 15) is 9.90 Å². The second-order valence-electron chi connectivity index (χ2n) is 5.46. The molecule has 0 saturated carbocycles. The van der Waals surface area contributed by atoms with Crippen molar-refractivity contribution in [2.24, 2.45) is 4.99 Å². The largest absolute Gasteiger partial charge is 0.506 e. The fourth-order valence-electron chi connectivity index (χ4n) is 2.79. The number of para-hydroxylation sites is 1. The first kappa shape index (κ1) is 16.3. The smallest absolute Gasteiger partial charge is 0.263 e. The van der Waals surface area contributed by atoms with Crippen molar-refractivity contribution in [2.45, 2.75) is 20.4 Å². The van der Waals surface area contributed by atoms with Crippen LogP contribution in [0.2, 0.25) is 5.02 Å². The van der Waals surface area contributed by atoms with Crippen molar-refractivity contribution in [1.82, 2.24) is 4.57 Å². The van der Waals surface area contributed by atoms with Gasteiger partial charge in [-0.3, -0.25) is 9.79 Å².